The molecule has 3 N–H and O–H groups in total. The largest absolute Gasteiger partial charge is 0.474 e. The van der Waals surface area contributed by atoms with Crippen LogP contribution in [-0.2, 0) is 6.54 Å². The molecule has 1 aliphatic rings. The van der Waals surface area contributed by atoms with Crippen molar-refractivity contribution in [1.29, 1.82) is 0 Å². The molecule has 0 unspecified atom stereocenters. The zero-order valence-electron chi connectivity index (χ0n) is 13.3. The highest BCUT2D eigenvalue weighted by atomic mass is 16.5. The number of rotatable bonds is 5. The molecule has 1 aromatic heterocycles. The van der Waals surface area contributed by atoms with Crippen molar-refractivity contribution >= 4 is 11.6 Å². The minimum atomic E-state index is 0.328. The Morgan fingerprint density at radius 2 is 2.22 bits per heavy atom. The van der Waals surface area contributed by atoms with Gasteiger partial charge in [0.25, 0.3) is 0 Å². The number of hydrogen-bond donors (Lipinski definition) is 2. The number of pyridine rings is 1. The highest BCUT2D eigenvalue weighted by molar-refractivity contribution is 5.92. The zero-order chi connectivity index (χ0) is 16.1. The van der Waals surface area contributed by atoms with Crippen molar-refractivity contribution in [2.24, 2.45) is 10.7 Å². The molecule has 0 radical (unpaired) electrons. The van der Waals surface area contributed by atoms with E-state index in [0.717, 1.165) is 24.1 Å². The van der Waals surface area contributed by atoms with E-state index in [9.17, 15) is 0 Å². The molecular weight excluding hydrogens is 288 g/mol. The first-order valence-corrected chi connectivity index (χ1v) is 7.94. The van der Waals surface area contributed by atoms with E-state index in [-0.39, 0.29) is 0 Å². The molecule has 0 bridgehead atoms. The molecule has 0 saturated heterocycles. The van der Waals surface area contributed by atoms with E-state index < -0.39 is 0 Å². The summed E-state index contributed by atoms with van der Waals surface area (Å²) in [6.07, 6.45) is 5.57. The molecule has 120 valence electrons. The fourth-order valence-electron chi connectivity index (χ4n) is 2.36. The molecule has 1 aromatic carbocycles. The number of nitrogens with one attached hydrogen (secondary N) is 1. The van der Waals surface area contributed by atoms with Gasteiger partial charge in [0.05, 0.1) is 6.54 Å². The molecule has 23 heavy (non-hydrogen) atoms. The summed E-state index contributed by atoms with van der Waals surface area (Å²) < 4.78 is 5.80. The molecule has 2 aromatic rings. The van der Waals surface area contributed by atoms with Crippen molar-refractivity contribution < 1.29 is 4.74 Å². The lowest BCUT2D eigenvalue weighted by molar-refractivity contribution is 0.114. The second-order valence-electron chi connectivity index (χ2n) is 5.87. The Labute approximate surface area is 136 Å². The van der Waals surface area contributed by atoms with Crippen molar-refractivity contribution in [3.05, 3.63) is 53.7 Å². The van der Waals surface area contributed by atoms with Crippen LogP contribution in [0.5, 0.6) is 5.88 Å². The standard InChI is InChI=1S/C18H22N4O/c1-13-4-2-5-15(10-13)22-18(19)21-12-14-8-9-20-17(11-14)23-16-6-3-7-16/h2,4-5,8-11,16H,3,6-7,12H2,1H3,(H3,19,21,22). The van der Waals surface area contributed by atoms with Crippen LogP contribution in [0.2, 0.25) is 0 Å². The molecule has 1 heterocycles. The fraction of sp³-hybridized carbons (Fsp3) is 0.333. The predicted octanol–water partition coefficient (Wildman–Crippen LogP) is 3.25. The number of aliphatic imine (C=N–C) groups is 1. The fourth-order valence-corrected chi connectivity index (χ4v) is 2.36. The van der Waals surface area contributed by atoms with Crippen LogP contribution in [0.25, 0.3) is 0 Å². The summed E-state index contributed by atoms with van der Waals surface area (Å²) in [4.78, 5) is 8.62. The predicted molar refractivity (Wildman–Crippen MR) is 92.6 cm³/mol. The third kappa shape index (κ3) is 4.45. The number of guanidine groups is 1. The number of nitrogens with zero attached hydrogens (tertiary/aromatic N) is 2. The Kier molecular flexibility index (Phi) is 4.76. The van der Waals surface area contributed by atoms with E-state index in [1.54, 1.807) is 6.20 Å². The van der Waals surface area contributed by atoms with Gasteiger partial charge < -0.3 is 15.8 Å². The molecule has 0 spiro atoms. The minimum Gasteiger partial charge on any atom is -0.474 e. The number of hydrogen-bond acceptors (Lipinski definition) is 3. The highest BCUT2D eigenvalue weighted by Crippen LogP contribution is 2.24. The first-order valence-electron chi connectivity index (χ1n) is 7.94. The normalized spacial score (nSPS) is 15.1. The number of anilines is 1. The van der Waals surface area contributed by atoms with E-state index in [1.807, 2.05) is 43.3 Å². The van der Waals surface area contributed by atoms with E-state index in [1.165, 1.54) is 12.0 Å². The van der Waals surface area contributed by atoms with E-state index >= 15 is 0 Å². The molecule has 0 atom stereocenters. The van der Waals surface area contributed by atoms with Gasteiger partial charge in [-0.2, -0.15) is 0 Å². The first-order chi connectivity index (χ1) is 11.2. The van der Waals surface area contributed by atoms with Crippen LogP contribution in [0.1, 0.15) is 30.4 Å². The maximum atomic E-state index is 5.95. The van der Waals surface area contributed by atoms with Gasteiger partial charge >= 0.3 is 0 Å². The van der Waals surface area contributed by atoms with Gasteiger partial charge in [0.15, 0.2) is 5.96 Å². The third-order valence-corrected chi connectivity index (χ3v) is 3.86. The zero-order valence-corrected chi connectivity index (χ0v) is 13.3. The van der Waals surface area contributed by atoms with Crippen molar-refractivity contribution in [2.45, 2.75) is 38.8 Å². The smallest absolute Gasteiger partial charge is 0.213 e. The second kappa shape index (κ2) is 7.13. The van der Waals surface area contributed by atoms with Gasteiger partial charge in [-0.3, -0.25) is 0 Å². The van der Waals surface area contributed by atoms with Crippen LogP contribution >= 0.6 is 0 Å². The number of aryl methyl sites for hydroxylation is 1. The molecule has 3 rings (SSSR count). The van der Waals surface area contributed by atoms with Crippen LogP contribution in [0.3, 0.4) is 0 Å². The number of ether oxygens (including phenoxy) is 1. The number of nitrogens with two attached hydrogens (primary N) is 1. The Morgan fingerprint density at radius 3 is 2.96 bits per heavy atom. The van der Waals surface area contributed by atoms with Crippen LogP contribution in [0.15, 0.2) is 47.6 Å². The van der Waals surface area contributed by atoms with Crippen molar-refractivity contribution in [1.82, 2.24) is 4.98 Å². The Bertz CT molecular complexity index is 695. The van der Waals surface area contributed by atoms with E-state index in [0.29, 0.717) is 24.5 Å². The Balaban J connectivity index is 1.58. The third-order valence-electron chi connectivity index (χ3n) is 3.86. The summed E-state index contributed by atoms with van der Waals surface area (Å²) in [6, 6.07) is 11.9. The van der Waals surface area contributed by atoms with Crippen LogP contribution in [-0.4, -0.2) is 17.0 Å². The van der Waals surface area contributed by atoms with Gasteiger partial charge in [-0.15, -0.1) is 0 Å². The molecule has 0 amide bonds. The second-order valence-corrected chi connectivity index (χ2v) is 5.87. The van der Waals surface area contributed by atoms with Gasteiger partial charge in [0.1, 0.15) is 6.10 Å². The average Bonchev–Trinajstić information content (AvgIpc) is 2.49. The summed E-state index contributed by atoms with van der Waals surface area (Å²) in [5.74, 6) is 1.07. The van der Waals surface area contributed by atoms with Crippen molar-refractivity contribution in [3.63, 3.8) is 0 Å². The summed E-state index contributed by atoms with van der Waals surface area (Å²) in [5, 5.41) is 3.10. The van der Waals surface area contributed by atoms with E-state index in [4.69, 9.17) is 10.5 Å². The molecule has 1 saturated carbocycles. The average molecular weight is 310 g/mol. The lowest BCUT2D eigenvalue weighted by Crippen LogP contribution is -2.25. The Hall–Kier alpha value is -2.56. The molecule has 5 nitrogen and oxygen atoms in total. The summed E-state index contributed by atoms with van der Waals surface area (Å²) in [5.41, 5.74) is 9.09. The quantitative estimate of drug-likeness (QED) is 0.657. The van der Waals surface area contributed by atoms with Gasteiger partial charge in [-0.1, -0.05) is 12.1 Å². The SMILES string of the molecule is Cc1cccc(NC(N)=NCc2ccnc(OC3CCC3)c2)c1. The lowest BCUT2D eigenvalue weighted by atomic mass is 9.96. The molecule has 1 fully saturated rings. The first kappa shape index (κ1) is 15.3. The van der Waals surface area contributed by atoms with Crippen LogP contribution < -0.4 is 15.8 Å². The molecular formula is C18H22N4O. The topological polar surface area (TPSA) is 72.5 Å². The summed E-state index contributed by atoms with van der Waals surface area (Å²) in [7, 11) is 0. The number of benzene rings is 1. The minimum absolute atomic E-state index is 0.328. The monoisotopic (exact) mass is 310 g/mol. The van der Waals surface area contributed by atoms with Gasteiger partial charge in [0.2, 0.25) is 5.88 Å². The van der Waals surface area contributed by atoms with Crippen LogP contribution in [0.4, 0.5) is 5.69 Å². The molecule has 5 heteroatoms. The van der Waals surface area contributed by atoms with E-state index in [2.05, 4.69) is 15.3 Å². The number of aromatic nitrogens is 1. The van der Waals surface area contributed by atoms with Gasteiger partial charge in [-0.25, -0.2) is 9.98 Å². The summed E-state index contributed by atoms with van der Waals surface area (Å²) in [6.45, 7) is 2.54. The van der Waals surface area contributed by atoms with Crippen molar-refractivity contribution in [2.75, 3.05) is 5.32 Å². The van der Waals surface area contributed by atoms with Crippen LogP contribution in [0, 0.1) is 6.92 Å². The highest BCUT2D eigenvalue weighted by Gasteiger charge is 2.19. The van der Waals surface area contributed by atoms with Gasteiger partial charge in [0, 0.05) is 18.0 Å². The van der Waals surface area contributed by atoms with Gasteiger partial charge in [-0.05, 0) is 55.5 Å². The lowest BCUT2D eigenvalue weighted by Gasteiger charge is -2.25. The Morgan fingerprint density at radius 1 is 1.35 bits per heavy atom. The maximum absolute atomic E-state index is 5.95. The maximum Gasteiger partial charge on any atom is 0.213 e. The molecule has 1 aliphatic carbocycles. The molecule has 0 aliphatic heterocycles. The summed E-state index contributed by atoms with van der Waals surface area (Å²) >= 11 is 0. The van der Waals surface area contributed by atoms with Crippen molar-refractivity contribution in [3.8, 4) is 5.88 Å².